The molecule has 0 spiro atoms. The summed E-state index contributed by atoms with van der Waals surface area (Å²) in [6, 6.07) is 15.4. The van der Waals surface area contributed by atoms with Crippen LogP contribution in [0.5, 0.6) is 11.6 Å². The zero-order valence-corrected chi connectivity index (χ0v) is 10.6. The van der Waals surface area contributed by atoms with E-state index in [4.69, 9.17) is 16.3 Å². The fourth-order valence-electron chi connectivity index (χ4n) is 1.92. The quantitative estimate of drug-likeness (QED) is 0.497. The van der Waals surface area contributed by atoms with Crippen molar-refractivity contribution in [2.75, 3.05) is 11.2 Å². The van der Waals surface area contributed by atoms with Crippen molar-refractivity contribution in [1.29, 1.82) is 0 Å². The van der Waals surface area contributed by atoms with Crippen LogP contribution in [0.4, 0.5) is 11.8 Å². The molecular formula is C14H13N5O. The standard InChI is InChI=1S/C14H13N5O/c15-14-17-12(19-16)8-13(18-14)20-11-6-5-9-3-1-2-4-10(9)7-11/h1-8H,16H2,(H3,15,17,18,19). The van der Waals surface area contributed by atoms with Crippen LogP contribution in [0.2, 0.25) is 0 Å². The van der Waals surface area contributed by atoms with Crippen LogP contribution >= 0.6 is 0 Å². The summed E-state index contributed by atoms with van der Waals surface area (Å²) in [5.74, 6) is 6.80. The van der Waals surface area contributed by atoms with Crippen LogP contribution < -0.4 is 21.7 Å². The molecule has 0 amide bonds. The van der Waals surface area contributed by atoms with E-state index in [2.05, 4.69) is 15.4 Å². The first-order chi connectivity index (χ1) is 9.74. The van der Waals surface area contributed by atoms with Crippen molar-refractivity contribution >= 4 is 22.5 Å². The molecule has 0 aliphatic rings. The van der Waals surface area contributed by atoms with Crippen molar-refractivity contribution in [3.05, 3.63) is 48.5 Å². The normalized spacial score (nSPS) is 10.4. The van der Waals surface area contributed by atoms with Gasteiger partial charge in [0.2, 0.25) is 11.8 Å². The van der Waals surface area contributed by atoms with Crippen LogP contribution in [0, 0.1) is 0 Å². The molecular weight excluding hydrogens is 254 g/mol. The van der Waals surface area contributed by atoms with Gasteiger partial charge in [0.25, 0.3) is 0 Å². The fraction of sp³-hybridized carbons (Fsp3) is 0. The number of ether oxygens (including phenoxy) is 1. The van der Waals surface area contributed by atoms with Crippen LogP contribution in [-0.2, 0) is 0 Å². The number of nitrogens with two attached hydrogens (primary N) is 2. The summed E-state index contributed by atoms with van der Waals surface area (Å²) >= 11 is 0. The average Bonchev–Trinajstić information content (AvgIpc) is 2.46. The van der Waals surface area contributed by atoms with Crippen LogP contribution in [-0.4, -0.2) is 9.97 Å². The van der Waals surface area contributed by atoms with E-state index in [1.165, 1.54) is 0 Å². The maximum absolute atomic E-state index is 5.68. The summed E-state index contributed by atoms with van der Waals surface area (Å²) in [6.45, 7) is 0. The molecule has 3 aromatic rings. The Balaban J connectivity index is 1.94. The summed E-state index contributed by atoms with van der Waals surface area (Å²) in [7, 11) is 0. The van der Waals surface area contributed by atoms with Gasteiger partial charge in [0.1, 0.15) is 11.6 Å². The van der Waals surface area contributed by atoms with Gasteiger partial charge in [0.15, 0.2) is 0 Å². The highest BCUT2D eigenvalue weighted by atomic mass is 16.5. The molecule has 100 valence electrons. The Kier molecular flexibility index (Phi) is 3.06. The van der Waals surface area contributed by atoms with Crippen molar-refractivity contribution in [2.24, 2.45) is 5.84 Å². The van der Waals surface area contributed by atoms with Gasteiger partial charge < -0.3 is 15.9 Å². The molecule has 0 unspecified atom stereocenters. The van der Waals surface area contributed by atoms with Gasteiger partial charge in [-0.05, 0) is 22.9 Å². The van der Waals surface area contributed by atoms with E-state index in [-0.39, 0.29) is 5.95 Å². The van der Waals surface area contributed by atoms with Crippen LogP contribution in [0.3, 0.4) is 0 Å². The largest absolute Gasteiger partial charge is 0.439 e. The van der Waals surface area contributed by atoms with Gasteiger partial charge in [-0.15, -0.1) is 0 Å². The molecule has 20 heavy (non-hydrogen) atoms. The molecule has 0 radical (unpaired) electrons. The van der Waals surface area contributed by atoms with Gasteiger partial charge in [-0.25, -0.2) is 5.84 Å². The lowest BCUT2D eigenvalue weighted by Crippen LogP contribution is -2.10. The number of fused-ring (bicyclic) bond motifs is 1. The lowest BCUT2D eigenvalue weighted by molar-refractivity contribution is 0.463. The van der Waals surface area contributed by atoms with Crippen molar-refractivity contribution in [3.63, 3.8) is 0 Å². The number of benzene rings is 2. The van der Waals surface area contributed by atoms with E-state index in [9.17, 15) is 0 Å². The van der Waals surface area contributed by atoms with Gasteiger partial charge in [-0.1, -0.05) is 30.3 Å². The maximum Gasteiger partial charge on any atom is 0.226 e. The number of hydrogen-bond acceptors (Lipinski definition) is 6. The molecule has 6 heteroatoms. The maximum atomic E-state index is 5.68. The molecule has 0 bridgehead atoms. The SMILES string of the molecule is NNc1cc(Oc2ccc3ccccc3c2)nc(N)n1. The Labute approximate surface area is 115 Å². The first-order valence-corrected chi connectivity index (χ1v) is 6.02. The van der Waals surface area contributed by atoms with Gasteiger partial charge in [-0.3, -0.25) is 0 Å². The number of rotatable bonds is 3. The smallest absolute Gasteiger partial charge is 0.226 e. The fourth-order valence-corrected chi connectivity index (χ4v) is 1.92. The van der Waals surface area contributed by atoms with Crippen molar-refractivity contribution in [2.45, 2.75) is 0 Å². The third-order valence-electron chi connectivity index (χ3n) is 2.81. The van der Waals surface area contributed by atoms with E-state index in [1.807, 2.05) is 42.5 Å². The lowest BCUT2D eigenvalue weighted by atomic mass is 10.1. The second-order valence-electron chi connectivity index (χ2n) is 4.20. The molecule has 0 saturated carbocycles. The number of aromatic nitrogens is 2. The molecule has 0 fully saturated rings. The Morgan fingerprint density at radius 2 is 1.75 bits per heavy atom. The van der Waals surface area contributed by atoms with E-state index in [0.717, 1.165) is 10.8 Å². The molecule has 2 aromatic carbocycles. The molecule has 0 atom stereocenters. The number of nitrogen functional groups attached to an aromatic ring is 2. The van der Waals surface area contributed by atoms with Crippen LogP contribution in [0.1, 0.15) is 0 Å². The molecule has 0 aliphatic carbocycles. The molecule has 1 aromatic heterocycles. The summed E-state index contributed by atoms with van der Waals surface area (Å²) in [6.07, 6.45) is 0. The minimum atomic E-state index is 0.0937. The first-order valence-electron chi connectivity index (χ1n) is 6.02. The number of nitrogens with zero attached hydrogens (tertiary/aromatic N) is 2. The lowest BCUT2D eigenvalue weighted by Gasteiger charge is -2.08. The predicted molar refractivity (Wildman–Crippen MR) is 78.3 cm³/mol. The van der Waals surface area contributed by atoms with Crippen molar-refractivity contribution in [3.8, 4) is 11.6 Å². The average molecular weight is 267 g/mol. The van der Waals surface area contributed by atoms with Crippen molar-refractivity contribution < 1.29 is 4.74 Å². The predicted octanol–water partition coefficient (Wildman–Crippen LogP) is 2.29. The van der Waals surface area contributed by atoms with Gasteiger partial charge >= 0.3 is 0 Å². The van der Waals surface area contributed by atoms with E-state index in [0.29, 0.717) is 17.4 Å². The first kappa shape index (κ1) is 12.2. The minimum Gasteiger partial charge on any atom is -0.439 e. The molecule has 1 heterocycles. The highest BCUT2D eigenvalue weighted by molar-refractivity contribution is 5.83. The zero-order valence-electron chi connectivity index (χ0n) is 10.6. The number of anilines is 2. The second-order valence-corrected chi connectivity index (χ2v) is 4.20. The van der Waals surface area contributed by atoms with Crippen LogP contribution in [0.15, 0.2) is 48.5 Å². The third kappa shape index (κ3) is 2.45. The second kappa shape index (κ2) is 5.02. The molecule has 6 nitrogen and oxygen atoms in total. The topological polar surface area (TPSA) is 99.1 Å². The Bertz CT molecular complexity index is 759. The third-order valence-corrected chi connectivity index (χ3v) is 2.81. The monoisotopic (exact) mass is 267 g/mol. The van der Waals surface area contributed by atoms with E-state index < -0.39 is 0 Å². The van der Waals surface area contributed by atoms with E-state index >= 15 is 0 Å². The summed E-state index contributed by atoms with van der Waals surface area (Å²) in [4.78, 5) is 7.90. The van der Waals surface area contributed by atoms with E-state index in [1.54, 1.807) is 6.07 Å². The summed E-state index contributed by atoms with van der Waals surface area (Å²) in [5.41, 5.74) is 7.99. The van der Waals surface area contributed by atoms with Gasteiger partial charge in [0, 0.05) is 6.07 Å². The molecule has 0 aliphatic heterocycles. The number of hydrazine groups is 1. The van der Waals surface area contributed by atoms with Crippen LogP contribution in [0.25, 0.3) is 10.8 Å². The van der Waals surface area contributed by atoms with Crippen molar-refractivity contribution in [1.82, 2.24) is 9.97 Å². The van der Waals surface area contributed by atoms with Gasteiger partial charge in [-0.2, -0.15) is 9.97 Å². The Morgan fingerprint density at radius 1 is 0.950 bits per heavy atom. The molecule has 5 N–H and O–H groups in total. The number of hydrogen-bond donors (Lipinski definition) is 3. The summed E-state index contributed by atoms with van der Waals surface area (Å²) < 4.78 is 5.68. The zero-order chi connectivity index (χ0) is 13.9. The highest BCUT2D eigenvalue weighted by Gasteiger charge is 2.04. The molecule has 0 saturated heterocycles. The number of nitrogens with one attached hydrogen (secondary N) is 1. The highest BCUT2D eigenvalue weighted by Crippen LogP contribution is 2.25. The van der Waals surface area contributed by atoms with Gasteiger partial charge in [0.05, 0.1) is 0 Å². The Morgan fingerprint density at radius 3 is 2.55 bits per heavy atom. The minimum absolute atomic E-state index is 0.0937. The Hall–Kier alpha value is -2.86. The molecule has 3 rings (SSSR count). The summed E-state index contributed by atoms with van der Waals surface area (Å²) in [5, 5.41) is 2.23.